The molecule has 0 spiro atoms. The molecule has 0 radical (unpaired) electrons. The number of imidazole rings is 1. The van der Waals surface area contributed by atoms with Gasteiger partial charge in [0.25, 0.3) is 0 Å². The molecule has 6 nitrogen and oxygen atoms in total. The van der Waals surface area contributed by atoms with E-state index in [9.17, 15) is 0 Å². The SMILES string of the molecule is CC(C)c1ccnc(-c2ccccc2)c1-n1c(-c2ccc3ncoc3n2)nc2ccccc21. The standard InChI is InChI=1S/C27H21N5O/c1-17(2)19-14-15-28-24(18-8-4-3-5-9-18)25(19)32-23-11-7-6-10-20(23)30-26(32)21-12-13-22-27(31-21)33-16-29-22/h3-17H,1-2H3. The van der Waals surface area contributed by atoms with Crippen LogP contribution in [0.25, 0.3) is 50.7 Å². The van der Waals surface area contributed by atoms with Crippen LogP contribution in [0.2, 0.25) is 0 Å². The Kier molecular flexibility index (Phi) is 4.50. The van der Waals surface area contributed by atoms with Crippen LogP contribution in [0.15, 0.2) is 89.8 Å². The van der Waals surface area contributed by atoms with E-state index in [1.54, 1.807) is 0 Å². The molecule has 0 aliphatic heterocycles. The summed E-state index contributed by atoms with van der Waals surface area (Å²) < 4.78 is 7.67. The molecule has 0 amide bonds. The van der Waals surface area contributed by atoms with Crippen molar-refractivity contribution >= 4 is 22.3 Å². The highest BCUT2D eigenvalue weighted by Gasteiger charge is 2.23. The van der Waals surface area contributed by atoms with Crippen LogP contribution < -0.4 is 0 Å². The molecule has 0 saturated carbocycles. The average Bonchev–Trinajstić information content (AvgIpc) is 3.48. The Balaban J connectivity index is 1.73. The summed E-state index contributed by atoms with van der Waals surface area (Å²) in [4.78, 5) is 18.8. The second-order valence-corrected chi connectivity index (χ2v) is 8.25. The highest BCUT2D eigenvalue weighted by Crippen LogP contribution is 2.37. The van der Waals surface area contributed by atoms with Gasteiger partial charge in [0, 0.05) is 11.8 Å². The first-order chi connectivity index (χ1) is 16.2. The molecule has 6 rings (SSSR count). The van der Waals surface area contributed by atoms with Crippen LogP contribution in [-0.4, -0.2) is 24.5 Å². The van der Waals surface area contributed by atoms with Gasteiger partial charge in [0.15, 0.2) is 12.2 Å². The number of benzene rings is 2. The summed E-state index contributed by atoms with van der Waals surface area (Å²) in [5, 5.41) is 0. The number of para-hydroxylation sites is 2. The van der Waals surface area contributed by atoms with Crippen molar-refractivity contribution in [2.75, 3.05) is 0 Å². The number of pyridine rings is 2. The van der Waals surface area contributed by atoms with Gasteiger partial charge in [0.2, 0.25) is 5.71 Å². The van der Waals surface area contributed by atoms with Crippen molar-refractivity contribution in [3.63, 3.8) is 0 Å². The summed E-state index contributed by atoms with van der Waals surface area (Å²) in [6, 6.07) is 24.4. The normalized spacial score (nSPS) is 11.6. The van der Waals surface area contributed by atoms with Crippen molar-refractivity contribution in [3.05, 3.63) is 91.0 Å². The van der Waals surface area contributed by atoms with Crippen molar-refractivity contribution < 1.29 is 4.42 Å². The molecule has 6 heteroatoms. The van der Waals surface area contributed by atoms with Gasteiger partial charge in [-0.2, -0.15) is 0 Å². The molecule has 4 aromatic heterocycles. The molecule has 0 unspecified atom stereocenters. The number of oxazole rings is 1. The zero-order valence-electron chi connectivity index (χ0n) is 18.3. The first-order valence-electron chi connectivity index (χ1n) is 10.9. The van der Waals surface area contributed by atoms with E-state index in [1.165, 1.54) is 12.0 Å². The van der Waals surface area contributed by atoms with Gasteiger partial charge < -0.3 is 4.42 Å². The maximum Gasteiger partial charge on any atom is 0.247 e. The number of rotatable bonds is 4. The van der Waals surface area contributed by atoms with Crippen LogP contribution in [0.4, 0.5) is 0 Å². The largest absolute Gasteiger partial charge is 0.425 e. The topological polar surface area (TPSA) is 69.6 Å². The van der Waals surface area contributed by atoms with Gasteiger partial charge in [-0.3, -0.25) is 9.55 Å². The first kappa shape index (κ1) is 19.4. The zero-order chi connectivity index (χ0) is 22.4. The number of hydrogen-bond donors (Lipinski definition) is 0. The predicted octanol–water partition coefficient (Wildman–Crippen LogP) is 6.41. The number of nitrogens with zero attached hydrogens (tertiary/aromatic N) is 5. The van der Waals surface area contributed by atoms with Crippen LogP contribution in [0.1, 0.15) is 25.3 Å². The van der Waals surface area contributed by atoms with E-state index in [2.05, 4.69) is 47.7 Å². The minimum atomic E-state index is 0.282. The molecule has 0 aliphatic rings. The summed E-state index contributed by atoms with van der Waals surface area (Å²) in [5.41, 5.74) is 7.98. The van der Waals surface area contributed by atoms with Gasteiger partial charge in [-0.05, 0) is 41.8 Å². The van der Waals surface area contributed by atoms with E-state index in [0.29, 0.717) is 11.4 Å². The molecule has 2 aromatic carbocycles. The van der Waals surface area contributed by atoms with Gasteiger partial charge >= 0.3 is 0 Å². The molecule has 0 N–H and O–H groups in total. The lowest BCUT2D eigenvalue weighted by Crippen LogP contribution is -2.07. The highest BCUT2D eigenvalue weighted by atomic mass is 16.3. The van der Waals surface area contributed by atoms with E-state index in [0.717, 1.165) is 39.3 Å². The van der Waals surface area contributed by atoms with Gasteiger partial charge in [-0.25, -0.2) is 15.0 Å². The Morgan fingerprint density at radius 3 is 2.45 bits per heavy atom. The molecule has 6 aromatic rings. The highest BCUT2D eigenvalue weighted by molar-refractivity contribution is 5.86. The lowest BCUT2D eigenvalue weighted by Gasteiger charge is -2.20. The summed E-state index contributed by atoms with van der Waals surface area (Å²) >= 11 is 0. The van der Waals surface area contributed by atoms with Crippen LogP contribution in [0, 0.1) is 0 Å². The molecular weight excluding hydrogens is 410 g/mol. The Labute approximate surface area is 190 Å². The van der Waals surface area contributed by atoms with Gasteiger partial charge in [-0.1, -0.05) is 56.3 Å². The fourth-order valence-electron chi connectivity index (χ4n) is 4.28. The maximum atomic E-state index is 5.48. The summed E-state index contributed by atoms with van der Waals surface area (Å²) in [6.07, 6.45) is 3.30. The Hall–Kier alpha value is -4.32. The third-order valence-electron chi connectivity index (χ3n) is 5.83. The quantitative estimate of drug-likeness (QED) is 0.322. The molecule has 0 saturated heterocycles. The van der Waals surface area contributed by atoms with Crippen LogP contribution in [-0.2, 0) is 0 Å². The van der Waals surface area contributed by atoms with Crippen molar-refractivity contribution in [1.82, 2.24) is 24.5 Å². The van der Waals surface area contributed by atoms with Crippen LogP contribution in [0.3, 0.4) is 0 Å². The lowest BCUT2D eigenvalue weighted by atomic mass is 9.98. The molecule has 160 valence electrons. The van der Waals surface area contributed by atoms with Gasteiger partial charge in [0.05, 0.1) is 22.4 Å². The molecule has 4 heterocycles. The molecule has 0 atom stereocenters. The van der Waals surface area contributed by atoms with Crippen molar-refractivity contribution in [2.45, 2.75) is 19.8 Å². The maximum absolute atomic E-state index is 5.48. The zero-order valence-corrected chi connectivity index (χ0v) is 18.3. The Morgan fingerprint density at radius 2 is 1.61 bits per heavy atom. The monoisotopic (exact) mass is 431 g/mol. The predicted molar refractivity (Wildman–Crippen MR) is 129 cm³/mol. The van der Waals surface area contributed by atoms with E-state index < -0.39 is 0 Å². The van der Waals surface area contributed by atoms with E-state index in [1.807, 2.05) is 54.7 Å². The average molecular weight is 431 g/mol. The second-order valence-electron chi connectivity index (χ2n) is 8.25. The number of fused-ring (bicyclic) bond motifs is 2. The van der Waals surface area contributed by atoms with Gasteiger partial charge in [0.1, 0.15) is 11.2 Å². The van der Waals surface area contributed by atoms with Crippen LogP contribution in [0.5, 0.6) is 0 Å². The van der Waals surface area contributed by atoms with Crippen molar-refractivity contribution in [1.29, 1.82) is 0 Å². The van der Waals surface area contributed by atoms with Gasteiger partial charge in [-0.15, -0.1) is 0 Å². The van der Waals surface area contributed by atoms with Crippen molar-refractivity contribution in [3.8, 4) is 28.5 Å². The summed E-state index contributed by atoms with van der Waals surface area (Å²) in [5.74, 6) is 1.02. The Bertz CT molecular complexity index is 1600. The minimum Gasteiger partial charge on any atom is -0.425 e. The smallest absolute Gasteiger partial charge is 0.247 e. The number of hydrogen-bond acceptors (Lipinski definition) is 5. The van der Waals surface area contributed by atoms with Crippen molar-refractivity contribution in [2.24, 2.45) is 0 Å². The molecule has 0 bridgehead atoms. The van der Waals surface area contributed by atoms with E-state index >= 15 is 0 Å². The fourth-order valence-corrected chi connectivity index (χ4v) is 4.28. The fraction of sp³-hybridized carbons (Fsp3) is 0.111. The molecule has 33 heavy (non-hydrogen) atoms. The second kappa shape index (κ2) is 7.67. The lowest BCUT2D eigenvalue weighted by molar-refractivity contribution is 0.591. The summed E-state index contributed by atoms with van der Waals surface area (Å²) in [6.45, 7) is 4.40. The molecule has 0 aliphatic carbocycles. The van der Waals surface area contributed by atoms with E-state index in [4.69, 9.17) is 19.4 Å². The Morgan fingerprint density at radius 1 is 0.788 bits per heavy atom. The third kappa shape index (κ3) is 3.19. The van der Waals surface area contributed by atoms with Crippen LogP contribution >= 0.6 is 0 Å². The first-order valence-corrected chi connectivity index (χ1v) is 10.9. The molecule has 0 fully saturated rings. The minimum absolute atomic E-state index is 0.282. The third-order valence-corrected chi connectivity index (χ3v) is 5.83. The van der Waals surface area contributed by atoms with E-state index in [-0.39, 0.29) is 5.92 Å². The summed E-state index contributed by atoms with van der Waals surface area (Å²) in [7, 11) is 0. The molecular formula is C27H21N5O. The number of aromatic nitrogens is 5.